The van der Waals surface area contributed by atoms with E-state index in [1.807, 2.05) is 27.2 Å². The summed E-state index contributed by atoms with van der Waals surface area (Å²) in [4.78, 5) is 35.3. The van der Waals surface area contributed by atoms with E-state index in [9.17, 15) is 19.0 Å². The van der Waals surface area contributed by atoms with Crippen LogP contribution in [0.25, 0.3) is 0 Å². The fourth-order valence-electron chi connectivity index (χ4n) is 5.83. The van der Waals surface area contributed by atoms with Crippen LogP contribution in [0.4, 0.5) is 0 Å². The van der Waals surface area contributed by atoms with Gasteiger partial charge < -0.3 is 18.9 Å². The zero-order chi connectivity index (χ0) is 41.4. The number of carbonyl (C=O) groups excluding carboxylic acids is 2. The van der Waals surface area contributed by atoms with Gasteiger partial charge in [0.05, 0.1) is 27.7 Å². The molecule has 0 aromatic heterocycles. The molecular formula is C46H85NO8P+. The lowest BCUT2D eigenvalue weighted by atomic mass is 10.0. The lowest BCUT2D eigenvalue weighted by Crippen LogP contribution is -2.37. The number of ether oxygens (including phenoxy) is 2. The van der Waals surface area contributed by atoms with Crippen molar-refractivity contribution in [3.05, 3.63) is 48.6 Å². The minimum atomic E-state index is -4.39. The number of allylic oxidation sites excluding steroid dienone is 8. The van der Waals surface area contributed by atoms with Crippen molar-refractivity contribution >= 4 is 19.8 Å². The summed E-state index contributed by atoms with van der Waals surface area (Å²) < 4.78 is 34.2. The summed E-state index contributed by atoms with van der Waals surface area (Å²) in [6.07, 6.45) is 44.5. The van der Waals surface area contributed by atoms with Gasteiger partial charge in [-0.3, -0.25) is 18.6 Å². The van der Waals surface area contributed by atoms with E-state index in [2.05, 4.69) is 56.4 Å². The predicted molar refractivity (Wildman–Crippen MR) is 233 cm³/mol. The van der Waals surface area contributed by atoms with Crippen molar-refractivity contribution in [2.45, 2.75) is 187 Å². The molecule has 0 aromatic carbocycles. The Balaban J connectivity index is 4.45. The maximum Gasteiger partial charge on any atom is 0.472 e. The summed E-state index contributed by atoms with van der Waals surface area (Å²) in [5.41, 5.74) is 0. The molecule has 0 aromatic rings. The van der Waals surface area contributed by atoms with Gasteiger partial charge in [0.1, 0.15) is 19.8 Å². The van der Waals surface area contributed by atoms with Crippen molar-refractivity contribution in [3.63, 3.8) is 0 Å². The van der Waals surface area contributed by atoms with Crippen LogP contribution in [0.2, 0.25) is 0 Å². The van der Waals surface area contributed by atoms with E-state index >= 15 is 0 Å². The summed E-state index contributed by atoms with van der Waals surface area (Å²) in [5.74, 6) is -0.862. The van der Waals surface area contributed by atoms with Gasteiger partial charge in [0.15, 0.2) is 6.10 Å². The molecule has 2 unspecified atom stereocenters. The second kappa shape index (κ2) is 38.5. The first-order valence-electron chi connectivity index (χ1n) is 22.4. The zero-order valence-corrected chi connectivity index (χ0v) is 37.5. The summed E-state index contributed by atoms with van der Waals surface area (Å²) in [5, 5.41) is 0. The van der Waals surface area contributed by atoms with Gasteiger partial charge in [-0.2, -0.15) is 0 Å². The molecular weight excluding hydrogens is 725 g/mol. The highest BCUT2D eigenvalue weighted by atomic mass is 31.2. The lowest BCUT2D eigenvalue weighted by molar-refractivity contribution is -0.870. The zero-order valence-electron chi connectivity index (χ0n) is 36.6. The van der Waals surface area contributed by atoms with E-state index in [0.717, 1.165) is 44.9 Å². The highest BCUT2D eigenvalue weighted by Gasteiger charge is 2.27. The van der Waals surface area contributed by atoms with Gasteiger partial charge in [0.25, 0.3) is 0 Å². The Morgan fingerprint density at radius 2 is 0.982 bits per heavy atom. The number of unbranched alkanes of at least 4 members (excludes halogenated alkanes) is 18. The molecule has 326 valence electrons. The third-order valence-electron chi connectivity index (χ3n) is 9.36. The Morgan fingerprint density at radius 1 is 0.554 bits per heavy atom. The van der Waals surface area contributed by atoms with Crippen LogP contribution >= 0.6 is 7.82 Å². The Bertz CT molecular complexity index is 1100. The average Bonchev–Trinajstić information content (AvgIpc) is 3.15. The Morgan fingerprint density at radius 3 is 1.48 bits per heavy atom. The number of carbonyl (C=O) groups is 2. The monoisotopic (exact) mass is 811 g/mol. The van der Waals surface area contributed by atoms with Crippen LogP contribution in [0.15, 0.2) is 48.6 Å². The van der Waals surface area contributed by atoms with E-state index < -0.39 is 26.5 Å². The van der Waals surface area contributed by atoms with Gasteiger partial charge in [0.2, 0.25) is 0 Å². The van der Waals surface area contributed by atoms with Crippen molar-refractivity contribution in [2.75, 3.05) is 47.5 Å². The molecule has 0 spiro atoms. The number of esters is 2. The standard InChI is InChI=1S/C46H84NO8P/c1-6-8-10-12-14-16-18-20-22-23-25-27-29-31-33-35-37-39-46(49)55-44(43-54-56(50,51)53-41-40-47(3,4)5)42-52-45(48)38-36-34-32-30-28-26-24-21-19-17-15-13-11-9-7-2/h14,16,20,22,25,27,31,33,44H,6-13,15,17-19,21,23-24,26,28-30,32,34-43H2,1-5H3/p+1. The molecule has 0 bridgehead atoms. The van der Waals surface area contributed by atoms with Gasteiger partial charge in [-0.25, -0.2) is 4.57 Å². The first kappa shape index (κ1) is 54.0. The molecule has 0 radical (unpaired) electrons. The lowest BCUT2D eigenvalue weighted by Gasteiger charge is -2.24. The quantitative estimate of drug-likeness (QED) is 0.0214. The normalized spacial score (nSPS) is 14.0. The molecule has 2 atom stereocenters. The van der Waals surface area contributed by atoms with Crippen molar-refractivity contribution in [1.82, 2.24) is 0 Å². The minimum Gasteiger partial charge on any atom is -0.462 e. The van der Waals surface area contributed by atoms with Crippen LogP contribution in [0, 0.1) is 0 Å². The van der Waals surface area contributed by atoms with Crippen molar-refractivity contribution in [3.8, 4) is 0 Å². The molecule has 1 N–H and O–H groups in total. The van der Waals surface area contributed by atoms with Crippen molar-refractivity contribution < 1.29 is 42.1 Å². The molecule has 9 nitrogen and oxygen atoms in total. The molecule has 0 saturated carbocycles. The fraction of sp³-hybridized carbons (Fsp3) is 0.783. The van der Waals surface area contributed by atoms with Gasteiger partial charge in [-0.05, 0) is 51.4 Å². The SMILES string of the molecule is CCCCCC=CCC=CCC=CCC=CCCCC(=O)OC(COC(=O)CCCCCCCCCCCCCCCCC)COP(=O)(O)OCC[N+](C)(C)C. The predicted octanol–water partition coefficient (Wildman–Crippen LogP) is 12.7. The Kier molecular flexibility index (Phi) is 37.1. The Labute approximate surface area is 343 Å². The van der Waals surface area contributed by atoms with Crippen molar-refractivity contribution in [2.24, 2.45) is 0 Å². The first-order valence-corrected chi connectivity index (χ1v) is 23.9. The summed E-state index contributed by atoms with van der Waals surface area (Å²) >= 11 is 0. The van der Waals surface area contributed by atoms with Crippen LogP contribution in [0.5, 0.6) is 0 Å². The highest BCUT2D eigenvalue weighted by Crippen LogP contribution is 2.43. The number of phosphoric ester groups is 1. The van der Waals surface area contributed by atoms with Crippen LogP contribution < -0.4 is 0 Å². The molecule has 0 heterocycles. The molecule has 0 aliphatic rings. The molecule has 0 fully saturated rings. The third kappa shape index (κ3) is 41.6. The first-order chi connectivity index (χ1) is 27.0. The van der Waals surface area contributed by atoms with Crippen LogP contribution in [-0.2, 0) is 32.7 Å². The number of hydrogen-bond donors (Lipinski definition) is 1. The van der Waals surface area contributed by atoms with Crippen LogP contribution in [0.3, 0.4) is 0 Å². The Hall–Kier alpha value is -2.03. The molecule has 0 aliphatic carbocycles. The highest BCUT2D eigenvalue weighted by molar-refractivity contribution is 7.47. The number of quaternary nitrogens is 1. The van der Waals surface area contributed by atoms with E-state index in [-0.39, 0.29) is 32.0 Å². The van der Waals surface area contributed by atoms with Crippen LogP contribution in [-0.4, -0.2) is 74.9 Å². The molecule has 10 heteroatoms. The molecule has 0 saturated heterocycles. The number of phosphoric acid groups is 1. The second-order valence-electron chi connectivity index (χ2n) is 16.1. The average molecular weight is 811 g/mol. The van der Waals surface area contributed by atoms with Gasteiger partial charge in [0, 0.05) is 12.8 Å². The van der Waals surface area contributed by atoms with Gasteiger partial charge >= 0.3 is 19.8 Å². The third-order valence-corrected chi connectivity index (χ3v) is 10.3. The maximum absolute atomic E-state index is 12.7. The number of nitrogens with zero attached hydrogens (tertiary/aromatic N) is 1. The number of likely N-dealkylation sites (N-methyl/N-ethyl adjacent to an activating group) is 1. The van der Waals surface area contributed by atoms with E-state index in [1.54, 1.807) is 0 Å². The molecule has 56 heavy (non-hydrogen) atoms. The number of hydrogen-bond acceptors (Lipinski definition) is 7. The van der Waals surface area contributed by atoms with E-state index in [4.69, 9.17) is 18.5 Å². The smallest absolute Gasteiger partial charge is 0.462 e. The van der Waals surface area contributed by atoms with Crippen LogP contribution in [0.1, 0.15) is 181 Å². The second-order valence-corrected chi connectivity index (χ2v) is 17.5. The fourth-order valence-corrected chi connectivity index (χ4v) is 6.57. The summed E-state index contributed by atoms with van der Waals surface area (Å²) in [6.45, 7) is 4.33. The maximum atomic E-state index is 12.7. The van der Waals surface area contributed by atoms with Gasteiger partial charge in [-0.1, -0.05) is 165 Å². The summed E-state index contributed by atoms with van der Waals surface area (Å²) in [6, 6.07) is 0. The van der Waals surface area contributed by atoms with Gasteiger partial charge in [-0.15, -0.1) is 0 Å². The van der Waals surface area contributed by atoms with E-state index in [1.165, 1.54) is 103 Å². The minimum absolute atomic E-state index is 0.0213. The topological polar surface area (TPSA) is 108 Å². The molecule has 0 amide bonds. The largest absolute Gasteiger partial charge is 0.472 e. The van der Waals surface area contributed by atoms with Crippen molar-refractivity contribution in [1.29, 1.82) is 0 Å². The molecule has 0 aliphatic heterocycles. The number of rotatable bonds is 40. The molecule has 0 rings (SSSR count). The summed E-state index contributed by atoms with van der Waals surface area (Å²) in [7, 11) is 1.44. The van der Waals surface area contributed by atoms with E-state index in [0.29, 0.717) is 17.4 Å².